The molecule has 0 aromatic carbocycles. The Bertz CT molecular complexity index is 656. The van der Waals surface area contributed by atoms with Gasteiger partial charge in [-0.1, -0.05) is 27.7 Å². The Kier molecular flexibility index (Phi) is 10.00. The van der Waals surface area contributed by atoms with E-state index in [1.54, 1.807) is 0 Å². The van der Waals surface area contributed by atoms with Crippen LogP contribution in [0.5, 0.6) is 0 Å². The molecule has 2 amide bonds. The van der Waals surface area contributed by atoms with Crippen LogP contribution in [0.3, 0.4) is 0 Å². The van der Waals surface area contributed by atoms with Gasteiger partial charge in [0.1, 0.15) is 0 Å². The summed E-state index contributed by atoms with van der Waals surface area (Å²) in [5.41, 5.74) is -0.401. The maximum absolute atomic E-state index is 13.3. The lowest BCUT2D eigenvalue weighted by Crippen LogP contribution is -2.38. The van der Waals surface area contributed by atoms with Crippen LogP contribution in [0.1, 0.15) is 95.9 Å². The molecule has 0 bridgehead atoms. The predicted molar refractivity (Wildman–Crippen MR) is 138 cm³/mol. The highest BCUT2D eigenvalue weighted by Crippen LogP contribution is 2.47. The third-order valence-corrected chi connectivity index (χ3v) is 7.59. The fourth-order valence-corrected chi connectivity index (χ4v) is 5.47. The van der Waals surface area contributed by atoms with Crippen molar-refractivity contribution in [2.45, 2.75) is 123 Å². The predicted octanol–water partition coefficient (Wildman–Crippen LogP) is 6.41. The Morgan fingerprint density at radius 2 is 1.00 bits per heavy atom. The Labute approximate surface area is 204 Å². The molecule has 1 aliphatic heterocycles. The number of imide groups is 1. The number of rotatable bonds is 11. The Morgan fingerprint density at radius 3 is 1.25 bits per heavy atom. The average molecular weight is 488 g/mol. The van der Waals surface area contributed by atoms with Gasteiger partial charge in [0, 0.05) is 28.7 Å². The van der Waals surface area contributed by atoms with E-state index < -0.39 is 0 Å². The van der Waals surface area contributed by atoms with E-state index in [9.17, 15) is 9.59 Å². The van der Waals surface area contributed by atoms with E-state index >= 15 is 0 Å². The summed E-state index contributed by atoms with van der Waals surface area (Å²) in [6.07, 6.45) is 1.56. The molecule has 1 aliphatic rings. The SMILES string of the molecule is CC(C)N1C(=O)C(SC(C)(C)CCOC(C)(C)C)=C(SC(C)(C)CCOC(C)(C)C)C1=O. The number of carbonyl (C=O) groups excluding carboxylic acids is 2. The second-order valence-electron chi connectivity index (χ2n) is 11.9. The van der Waals surface area contributed by atoms with E-state index in [2.05, 4.69) is 27.7 Å². The summed E-state index contributed by atoms with van der Waals surface area (Å²) in [6, 6.07) is -0.177. The fraction of sp³-hybridized carbons (Fsp3) is 0.840. The van der Waals surface area contributed by atoms with Crippen LogP contribution in [0.15, 0.2) is 9.81 Å². The van der Waals surface area contributed by atoms with Crippen molar-refractivity contribution in [3.8, 4) is 0 Å². The molecule has 0 saturated heterocycles. The lowest BCUT2D eigenvalue weighted by Gasteiger charge is -2.29. The summed E-state index contributed by atoms with van der Waals surface area (Å²) in [5.74, 6) is -0.354. The summed E-state index contributed by atoms with van der Waals surface area (Å²) < 4.78 is 11.3. The standard InChI is InChI=1S/C25H45NO4S2/c1-17(2)26-20(27)18(31-24(9,10)13-15-29-22(3,4)5)19(21(26)28)32-25(11,12)14-16-30-23(6,7)8/h17H,13-16H2,1-12H3. The van der Waals surface area contributed by atoms with E-state index in [0.717, 1.165) is 12.8 Å². The Balaban J connectivity index is 3.08. The van der Waals surface area contributed by atoms with E-state index in [-0.39, 0.29) is 38.6 Å². The van der Waals surface area contributed by atoms with Crippen LogP contribution in [-0.2, 0) is 19.1 Å². The minimum Gasteiger partial charge on any atom is -0.376 e. The molecule has 0 spiro atoms. The molecule has 0 saturated carbocycles. The summed E-state index contributed by atoms with van der Waals surface area (Å²) in [7, 11) is 0. The summed E-state index contributed by atoms with van der Waals surface area (Å²) >= 11 is 3.01. The van der Waals surface area contributed by atoms with Crippen molar-refractivity contribution in [1.29, 1.82) is 0 Å². The first-order valence-electron chi connectivity index (χ1n) is 11.5. The molecule has 1 heterocycles. The van der Waals surface area contributed by atoms with Crippen molar-refractivity contribution in [3.05, 3.63) is 9.81 Å². The van der Waals surface area contributed by atoms with Crippen LogP contribution in [0, 0.1) is 0 Å². The monoisotopic (exact) mass is 487 g/mol. The number of carbonyl (C=O) groups is 2. The summed E-state index contributed by atoms with van der Waals surface area (Å²) in [6.45, 7) is 25.6. The quantitative estimate of drug-likeness (QED) is 0.314. The van der Waals surface area contributed by atoms with Crippen molar-refractivity contribution in [2.24, 2.45) is 0 Å². The van der Waals surface area contributed by atoms with Crippen molar-refractivity contribution in [3.63, 3.8) is 0 Å². The van der Waals surface area contributed by atoms with Crippen molar-refractivity contribution < 1.29 is 19.1 Å². The number of hydrogen-bond acceptors (Lipinski definition) is 6. The molecular weight excluding hydrogens is 442 g/mol. The highest BCUT2D eigenvalue weighted by Gasteiger charge is 2.44. The van der Waals surface area contributed by atoms with Gasteiger partial charge in [0.05, 0.1) is 21.0 Å². The number of nitrogens with zero attached hydrogens (tertiary/aromatic N) is 1. The zero-order valence-corrected chi connectivity index (χ0v) is 23.9. The Morgan fingerprint density at radius 1 is 0.688 bits per heavy atom. The molecular formula is C25H45NO4S2. The number of hydrogen-bond donors (Lipinski definition) is 0. The van der Waals surface area contributed by atoms with Gasteiger partial charge in [-0.05, 0) is 68.2 Å². The summed E-state index contributed by atoms with van der Waals surface area (Å²) in [5, 5.41) is 0. The van der Waals surface area contributed by atoms with E-state index in [1.807, 2.05) is 55.4 Å². The molecule has 0 fully saturated rings. The maximum atomic E-state index is 13.3. The van der Waals surface area contributed by atoms with Gasteiger partial charge in [0.25, 0.3) is 11.8 Å². The van der Waals surface area contributed by atoms with Crippen molar-refractivity contribution in [1.82, 2.24) is 4.90 Å². The molecule has 0 N–H and O–H groups in total. The van der Waals surface area contributed by atoms with Gasteiger partial charge in [0.2, 0.25) is 0 Å². The van der Waals surface area contributed by atoms with Crippen molar-refractivity contribution >= 4 is 35.3 Å². The van der Waals surface area contributed by atoms with Gasteiger partial charge in [0.15, 0.2) is 0 Å². The Hall–Kier alpha value is -0.500. The van der Waals surface area contributed by atoms with Crippen LogP contribution < -0.4 is 0 Å². The smallest absolute Gasteiger partial charge is 0.268 e. The summed E-state index contributed by atoms with van der Waals surface area (Å²) in [4.78, 5) is 29.1. The van der Waals surface area contributed by atoms with Gasteiger partial charge < -0.3 is 9.47 Å². The number of amides is 2. The van der Waals surface area contributed by atoms with E-state index in [0.29, 0.717) is 23.0 Å². The van der Waals surface area contributed by atoms with Gasteiger partial charge in [-0.3, -0.25) is 14.5 Å². The molecule has 32 heavy (non-hydrogen) atoms. The minimum atomic E-state index is -0.241. The molecule has 0 aromatic heterocycles. The van der Waals surface area contributed by atoms with Gasteiger partial charge in [-0.2, -0.15) is 0 Å². The lowest BCUT2D eigenvalue weighted by molar-refractivity contribution is -0.138. The number of thioether (sulfide) groups is 2. The zero-order chi connectivity index (χ0) is 25.1. The molecule has 1 rings (SSSR count). The molecule has 0 atom stereocenters. The first-order chi connectivity index (χ1) is 14.2. The van der Waals surface area contributed by atoms with Gasteiger partial charge in [-0.15, -0.1) is 23.5 Å². The third-order valence-electron chi connectivity index (χ3n) is 4.78. The molecule has 7 heteroatoms. The van der Waals surface area contributed by atoms with Gasteiger partial charge >= 0.3 is 0 Å². The van der Waals surface area contributed by atoms with Gasteiger partial charge in [-0.25, -0.2) is 0 Å². The molecule has 0 radical (unpaired) electrons. The normalized spacial score (nSPS) is 16.7. The molecule has 186 valence electrons. The minimum absolute atomic E-state index is 0.177. The van der Waals surface area contributed by atoms with E-state index in [4.69, 9.17) is 9.47 Å². The van der Waals surface area contributed by atoms with Crippen molar-refractivity contribution in [2.75, 3.05) is 13.2 Å². The molecule has 5 nitrogen and oxygen atoms in total. The zero-order valence-electron chi connectivity index (χ0n) is 22.3. The van der Waals surface area contributed by atoms with Crippen LogP contribution in [0.25, 0.3) is 0 Å². The van der Waals surface area contributed by atoms with Crippen LogP contribution in [0.4, 0.5) is 0 Å². The molecule has 0 aromatic rings. The highest BCUT2D eigenvalue weighted by atomic mass is 32.2. The maximum Gasteiger partial charge on any atom is 0.268 e. The van der Waals surface area contributed by atoms with Crippen LogP contribution >= 0.6 is 23.5 Å². The third kappa shape index (κ3) is 9.78. The first kappa shape index (κ1) is 29.5. The first-order valence-corrected chi connectivity index (χ1v) is 13.2. The van der Waals surface area contributed by atoms with Crippen LogP contribution in [0.2, 0.25) is 0 Å². The second-order valence-corrected chi connectivity index (χ2v) is 15.3. The van der Waals surface area contributed by atoms with E-state index in [1.165, 1.54) is 28.4 Å². The molecule has 0 aliphatic carbocycles. The molecule has 0 unspecified atom stereocenters. The topological polar surface area (TPSA) is 55.8 Å². The lowest BCUT2D eigenvalue weighted by atomic mass is 10.1. The second kappa shape index (κ2) is 10.8. The van der Waals surface area contributed by atoms with Crippen LogP contribution in [-0.4, -0.2) is 56.7 Å². The fourth-order valence-electron chi connectivity index (χ4n) is 3.01. The largest absolute Gasteiger partial charge is 0.376 e. The highest BCUT2D eigenvalue weighted by molar-refractivity contribution is 8.09. The number of ether oxygens (including phenoxy) is 2. The average Bonchev–Trinajstić information content (AvgIpc) is 2.75.